The van der Waals surface area contributed by atoms with Gasteiger partial charge in [0.05, 0.1) is 24.6 Å². The first kappa shape index (κ1) is 18.6. The molecule has 0 spiro atoms. The van der Waals surface area contributed by atoms with Gasteiger partial charge in [0, 0.05) is 6.54 Å². The minimum Gasteiger partial charge on any atom is -0.370 e. The summed E-state index contributed by atoms with van der Waals surface area (Å²) in [5.74, 6) is -0.259. The van der Waals surface area contributed by atoms with Gasteiger partial charge in [0.1, 0.15) is 6.10 Å². The van der Waals surface area contributed by atoms with Crippen LogP contribution < -0.4 is 4.72 Å². The van der Waals surface area contributed by atoms with Gasteiger partial charge in [-0.1, -0.05) is 48.0 Å². The lowest BCUT2D eigenvalue weighted by Gasteiger charge is -2.33. The maximum Gasteiger partial charge on any atom is 0.241 e. The molecule has 0 radical (unpaired) electrons. The minimum absolute atomic E-state index is 0.153. The number of morpholine rings is 1. The number of carbonyl (C=O) groups is 1. The van der Waals surface area contributed by atoms with Crippen LogP contribution in [0.25, 0.3) is 0 Å². The number of nitrogens with one attached hydrogen (secondary N) is 1. The average molecular weight is 374 g/mol. The van der Waals surface area contributed by atoms with E-state index in [9.17, 15) is 13.2 Å². The lowest BCUT2D eigenvalue weighted by Crippen LogP contribution is -2.46. The van der Waals surface area contributed by atoms with Crippen LogP contribution in [0.4, 0.5) is 0 Å². The Balaban J connectivity index is 1.60. The second kappa shape index (κ2) is 7.99. The fourth-order valence-electron chi connectivity index (χ4n) is 2.81. The molecule has 138 valence electrons. The van der Waals surface area contributed by atoms with E-state index in [1.54, 1.807) is 17.0 Å². The number of amides is 1. The van der Waals surface area contributed by atoms with Crippen LogP contribution in [-0.2, 0) is 19.6 Å². The SMILES string of the molecule is Cc1ccc(S(=O)(=O)NCC(=O)N2CCOC(c3ccccc3)C2)cc1. The van der Waals surface area contributed by atoms with Crippen molar-refractivity contribution in [3.63, 3.8) is 0 Å². The van der Waals surface area contributed by atoms with Gasteiger partial charge in [-0.25, -0.2) is 13.1 Å². The predicted octanol–water partition coefficient (Wildman–Crippen LogP) is 1.87. The van der Waals surface area contributed by atoms with E-state index in [0.29, 0.717) is 19.7 Å². The van der Waals surface area contributed by atoms with Crippen LogP contribution in [-0.4, -0.2) is 45.5 Å². The molecule has 1 unspecified atom stereocenters. The van der Waals surface area contributed by atoms with Crippen molar-refractivity contribution in [3.8, 4) is 0 Å². The van der Waals surface area contributed by atoms with Crippen molar-refractivity contribution in [3.05, 3.63) is 65.7 Å². The van der Waals surface area contributed by atoms with E-state index < -0.39 is 10.0 Å². The van der Waals surface area contributed by atoms with Crippen molar-refractivity contribution in [1.82, 2.24) is 9.62 Å². The van der Waals surface area contributed by atoms with E-state index in [0.717, 1.165) is 11.1 Å². The van der Waals surface area contributed by atoms with Crippen LogP contribution >= 0.6 is 0 Å². The lowest BCUT2D eigenvalue weighted by molar-refractivity contribution is -0.137. The Bertz CT molecular complexity index is 851. The molecule has 26 heavy (non-hydrogen) atoms. The van der Waals surface area contributed by atoms with Gasteiger partial charge in [-0.15, -0.1) is 0 Å². The van der Waals surface area contributed by atoms with Crippen LogP contribution in [0, 0.1) is 6.92 Å². The Labute approximate surface area is 153 Å². The highest BCUT2D eigenvalue weighted by Gasteiger charge is 2.26. The summed E-state index contributed by atoms with van der Waals surface area (Å²) in [6, 6.07) is 16.2. The molecular formula is C19H22N2O4S. The van der Waals surface area contributed by atoms with E-state index >= 15 is 0 Å². The zero-order valence-electron chi connectivity index (χ0n) is 14.6. The molecule has 3 rings (SSSR count). The van der Waals surface area contributed by atoms with Gasteiger partial charge >= 0.3 is 0 Å². The molecule has 1 fully saturated rings. The predicted molar refractivity (Wildman–Crippen MR) is 98.1 cm³/mol. The second-order valence-electron chi connectivity index (χ2n) is 6.25. The standard InChI is InChI=1S/C19H22N2O4S/c1-15-7-9-17(10-8-15)26(23,24)20-13-19(22)21-11-12-25-18(14-21)16-5-3-2-4-6-16/h2-10,18,20H,11-14H2,1H3. The van der Waals surface area contributed by atoms with Crippen molar-refractivity contribution in [2.45, 2.75) is 17.9 Å². The van der Waals surface area contributed by atoms with Crippen molar-refractivity contribution < 1.29 is 17.9 Å². The summed E-state index contributed by atoms with van der Waals surface area (Å²) in [5.41, 5.74) is 1.98. The summed E-state index contributed by atoms with van der Waals surface area (Å²) < 4.78 is 32.7. The number of ether oxygens (including phenoxy) is 1. The maximum atomic E-state index is 12.5. The van der Waals surface area contributed by atoms with Gasteiger partial charge in [-0.05, 0) is 24.6 Å². The van der Waals surface area contributed by atoms with E-state index in [-0.39, 0.29) is 23.5 Å². The minimum atomic E-state index is -3.71. The monoisotopic (exact) mass is 374 g/mol. The average Bonchev–Trinajstić information content (AvgIpc) is 2.67. The Morgan fingerprint density at radius 3 is 2.54 bits per heavy atom. The molecule has 1 amide bonds. The number of benzene rings is 2. The summed E-state index contributed by atoms with van der Waals surface area (Å²) in [6.45, 7) is 2.91. The number of nitrogens with zero attached hydrogens (tertiary/aromatic N) is 1. The quantitative estimate of drug-likeness (QED) is 0.867. The molecule has 1 heterocycles. The van der Waals surface area contributed by atoms with Crippen molar-refractivity contribution >= 4 is 15.9 Å². The molecule has 1 aliphatic rings. The number of hydrogen-bond donors (Lipinski definition) is 1. The number of hydrogen-bond acceptors (Lipinski definition) is 4. The van der Waals surface area contributed by atoms with E-state index in [1.807, 2.05) is 37.3 Å². The highest BCUT2D eigenvalue weighted by Crippen LogP contribution is 2.21. The molecule has 6 nitrogen and oxygen atoms in total. The first-order valence-electron chi connectivity index (χ1n) is 8.46. The zero-order chi connectivity index (χ0) is 18.6. The molecule has 1 aliphatic heterocycles. The highest BCUT2D eigenvalue weighted by molar-refractivity contribution is 7.89. The van der Waals surface area contributed by atoms with Gasteiger partial charge in [0.2, 0.25) is 15.9 Å². The Morgan fingerprint density at radius 1 is 1.15 bits per heavy atom. The van der Waals surface area contributed by atoms with Crippen LogP contribution in [0.15, 0.2) is 59.5 Å². The molecule has 0 saturated carbocycles. The number of sulfonamides is 1. The summed E-state index contributed by atoms with van der Waals surface area (Å²) in [4.78, 5) is 14.2. The van der Waals surface area contributed by atoms with Gasteiger partial charge in [-0.2, -0.15) is 0 Å². The first-order valence-corrected chi connectivity index (χ1v) is 9.95. The molecule has 2 aromatic carbocycles. The Hall–Kier alpha value is -2.22. The Kier molecular flexibility index (Phi) is 5.70. The fourth-order valence-corrected chi connectivity index (χ4v) is 3.79. The summed E-state index contributed by atoms with van der Waals surface area (Å²) in [7, 11) is -3.71. The van der Waals surface area contributed by atoms with Crippen LogP contribution in [0.5, 0.6) is 0 Å². The van der Waals surface area contributed by atoms with Gasteiger partial charge < -0.3 is 9.64 Å². The fraction of sp³-hybridized carbons (Fsp3) is 0.316. The van der Waals surface area contributed by atoms with Crippen LogP contribution in [0.3, 0.4) is 0 Å². The van der Waals surface area contributed by atoms with E-state index in [1.165, 1.54) is 12.1 Å². The van der Waals surface area contributed by atoms with Crippen LogP contribution in [0.1, 0.15) is 17.2 Å². The number of carbonyl (C=O) groups excluding carboxylic acids is 1. The smallest absolute Gasteiger partial charge is 0.241 e. The third-order valence-electron chi connectivity index (χ3n) is 4.34. The second-order valence-corrected chi connectivity index (χ2v) is 8.01. The molecule has 1 atom stereocenters. The molecule has 0 aliphatic carbocycles. The first-order chi connectivity index (χ1) is 12.5. The van der Waals surface area contributed by atoms with Gasteiger partial charge in [0.25, 0.3) is 0 Å². The molecular weight excluding hydrogens is 352 g/mol. The molecule has 7 heteroatoms. The summed E-state index contributed by atoms with van der Waals surface area (Å²) in [6.07, 6.45) is -0.192. The largest absolute Gasteiger partial charge is 0.370 e. The van der Waals surface area contributed by atoms with Crippen LogP contribution in [0.2, 0.25) is 0 Å². The zero-order valence-corrected chi connectivity index (χ0v) is 15.4. The van der Waals surface area contributed by atoms with Crippen molar-refractivity contribution in [2.24, 2.45) is 0 Å². The molecule has 0 aromatic heterocycles. The lowest BCUT2D eigenvalue weighted by atomic mass is 10.1. The van der Waals surface area contributed by atoms with Gasteiger partial charge in [-0.3, -0.25) is 4.79 Å². The summed E-state index contributed by atoms with van der Waals surface area (Å²) in [5, 5.41) is 0. The third kappa shape index (κ3) is 4.49. The molecule has 2 aromatic rings. The van der Waals surface area contributed by atoms with Crippen molar-refractivity contribution in [2.75, 3.05) is 26.2 Å². The number of aryl methyl sites for hydroxylation is 1. The van der Waals surface area contributed by atoms with E-state index in [4.69, 9.17) is 4.74 Å². The molecule has 0 bridgehead atoms. The summed E-state index contributed by atoms with van der Waals surface area (Å²) >= 11 is 0. The van der Waals surface area contributed by atoms with E-state index in [2.05, 4.69) is 4.72 Å². The normalized spacial score (nSPS) is 17.9. The molecule has 1 saturated heterocycles. The number of rotatable bonds is 5. The highest BCUT2D eigenvalue weighted by atomic mass is 32.2. The van der Waals surface area contributed by atoms with Gasteiger partial charge in [0.15, 0.2) is 0 Å². The Morgan fingerprint density at radius 2 is 1.85 bits per heavy atom. The van der Waals surface area contributed by atoms with Crippen molar-refractivity contribution in [1.29, 1.82) is 0 Å². The third-order valence-corrected chi connectivity index (χ3v) is 5.75. The molecule has 1 N–H and O–H groups in total. The topological polar surface area (TPSA) is 75.7 Å². The maximum absolute atomic E-state index is 12.5.